The van der Waals surface area contributed by atoms with Crippen LogP contribution in [-0.4, -0.2) is 22.2 Å². The van der Waals surface area contributed by atoms with Gasteiger partial charge < -0.3 is 0 Å². The summed E-state index contributed by atoms with van der Waals surface area (Å²) in [5.41, 5.74) is 4.42. The van der Waals surface area contributed by atoms with Crippen LogP contribution in [0.25, 0.3) is 38.4 Å². The zero-order valence-corrected chi connectivity index (χ0v) is 17.2. The van der Waals surface area contributed by atoms with Gasteiger partial charge in [0.2, 0.25) is 0 Å². The summed E-state index contributed by atoms with van der Waals surface area (Å²) < 4.78 is 2.32. The lowest BCUT2D eigenvalue weighted by Gasteiger charge is -2.16. The Morgan fingerprint density at radius 1 is 0.889 bits per heavy atom. The van der Waals surface area contributed by atoms with Crippen LogP contribution in [0.1, 0.15) is 13.3 Å². The fourth-order valence-electron chi connectivity index (χ4n) is 4.15. The molecular weight excluding hydrogens is 367 g/mol. The normalized spacial score (nSPS) is 14.3. The second-order valence-corrected chi connectivity index (χ2v) is 12.9. The van der Waals surface area contributed by atoms with E-state index in [1.54, 1.807) is 0 Å². The molecule has 27 heavy (non-hydrogen) atoms. The minimum absolute atomic E-state index is 1.02. The quantitative estimate of drug-likeness (QED) is 0.281. The van der Waals surface area contributed by atoms with Crippen molar-refractivity contribution in [2.75, 3.05) is 12.8 Å². The average molecular weight is 388 g/mol. The number of fused-ring (bicyclic) bond motifs is 8. The smallest absolute Gasteiger partial charge is 0.146 e. The SMILES string of the molecule is CCCP(C)(=S)c1ccc2nc3c4ccccc4c4ccccc4n3c2c1. The standard InChI is InChI=1S/C23H21N2PS/c1-3-14-26(2,27)16-12-13-20-22(15-16)25-21-11-7-6-9-18(21)17-8-4-5-10-19(17)23(25)24-20/h4-13,15H,3,14H2,1-2H3. The van der Waals surface area contributed by atoms with Crippen LogP contribution in [0.15, 0.2) is 66.7 Å². The molecule has 1 atom stereocenters. The van der Waals surface area contributed by atoms with Crippen LogP contribution in [0.4, 0.5) is 0 Å². The Kier molecular flexibility index (Phi) is 3.86. The van der Waals surface area contributed by atoms with Gasteiger partial charge in [0.05, 0.1) is 16.6 Å². The molecule has 0 saturated carbocycles. The summed E-state index contributed by atoms with van der Waals surface area (Å²) in [6, 6.07) is 22.3. The Morgan fingerprint density at radius 3 is 2.37 bits per heavy atom. The van der Waals surface area contributed by atoms with Crippen LogP contribution >= 0.6 is 6.04 Å². The van der Waals surface area contributed by atoms with E-state index < -0.39 is 6.04 Å². The van der Waals surface area contributed by atoms with Crippen LogP contribution in [0.3, 0.4) is 0 Å². The van der Waals surface area contributed by atoms with Crippen molar-refractivity contribution in [2.45, 2.75) is 13.3 Å². The number of rotatable bonds is 3. The molecule has 134 valence electrons. The Labute approximate surface area is 163 Å². The van der Waals surface area contributed by atoms with Gasteiger partial charge in [0.15, 0.2) is 0 Å². The Hall–Kier alpha value is -2.22. The lowest BCUT2D eigenvalue weighted by Crippen LogP contribution is -2.06. The zero-order chi connectivity index (χ0) is 18.6. The molecule has 3 aromatic carbocycles. The van der Waals surface area contributed by atoms with Gasteiger partial charge in [0, 0.05) is 10.8 Å². The molecule has 0 bridgehead atoms. The Balaban J connectivity index is 1.98. The van der Waals surface area contributed by atoms with E-state index in [0.29, 0.717) is 0 Å². The molecule has 2 aromatic heterocycles. The first-order chi connectivity index (χ1) is 13.1. The number of imidazole rings is 1. The molecule has 0 N–H and O–H groups in total. The summed E-state index contributed by atoms with van der Waals surface area (Å²) >= 11 is 6.02. The Bertz CT molecular complexity index is 1380. The minimum atomic E-state index is -1.52. The summed E-state index contributed by atoms with van der Waals surface area (Å²) in [7, 11) is 0. The highest BCUT2D eigenvalue weighted by atomic mass is 32.4. The van der Waals surface area contributed by atoms with Crippen LogP contribution in [0.5, 0.6) is 0 Å². The first-order valence-corrected chi connectivity index (χ1v) is 12.8. The number of para-hydroxylation sites is 1. The van der Waals surface area contributed by atoms with E-state index in [1.807, 2.05) is 0 Å². The first kappa shape index (κ1) is 16.9. The average Bonchev–Trinajstić information content (AvgIpc) is 3.07. The van der Waals surface area contributed by atoms with Crippen LogP contribution in [-0.2, 0) is 11.8 Å². The third-order valence-electron chi connectivity index (χ3n) is 5.44. The van der Waals surface area contributed by atoms with Crippen molar-refractivity contribution in [3.63, 3.8) is 0 Å². The predicted molar refractivity (Wildman–Crippen MR) is 123 cm³/mol. The molecule has 1 unspecified atom stereocenters. The third kappa shape index (κ3) is 2.53. The van der Waals surface area contributed by atoms with E-state index in [9.17, 15) is 0 Å². The summed E-state index contributed by atoms with van der Waals surface area (Å²) in [5, 5.41) is 5.02. The van der Waals surface area contributed by atoms with E-state index >= 15 is 0 Å². The Morgan fingerprint density at radius 2 is 1.59 bits per heavy atom. The lowest BCUT2D eigenvalue weighted by molar-refractivity contribution is 1.10. The van der Waals surface area contributed by atoms with E-state index in [0.717, 1.165) is 29.3 Å². The van der Waals surface area contributed by atoms with Gasteiger partial charge in [-0.25, -0.2) is 4.98 Å². The largest absolute Gasteiger partial charge is 0.292 e. The molecule has 2 nitrogen and oxygen atoms in total. The summed E-state index contributed by atoms with van der Waals surface area (Å²) in [5.74, 6) is 0. The molecule has 5 aromatic rings. The molecule has 4 heteroatoms. The van der Waals surface area contributed by atoms with E-state index in [1.165, 1.54) is 27.0 Å². The maximum absolute atomic E-state index is 6.02. The lowest BCUT2D eigenvalue weighted by atomic mass is 10.1. The number of pyridine rings is 1. The molecule has 2 heterocycles. The van der Waals surface area contributed by atoms with Gasteiger partial charge in [-0.1, -0.05) is 73.7 Å². The van der Waals surface area contributed by atoms with Gasteiger partial charge in [-0.2, -0.15) is 0 Å². The summed E-state index contributed by atoms with van der Waals surface area (Å²) in [6.07, 6.45) is 2.24. The van der Waals surface area contributed by atoms with Crippen molar-refractivity contribution in [3.8, 4) is 0 Å². The first-order valence-electron chi connectivity index (χ1n) is 9.39. The topological polar surface area (TPSA) is 17.3 Å². The van der Waals surface area contributed by atoms with Gasteiger partial charge in [0.25, 0.3) is 0 Å². The van der Waals surface area contributed by atoms with Crippen molar-refractivity contribution < 1.29 is 0 Å². The molecule has 0 aliphatic heterocycles. The van der Waals surface area contributed by atoms with E-state index in [-0.39, 0.29) is 0 Å². The van der Waals surface area contributed by atoms with Gasteiger partial charge >= 0.3 is 0 Å². The van der Waals surface area contributed by atoms with Crippen LogP contribution in [0, 0.1) is 0 Å². The van der Waals surface area contributed by atoms with Crippen molar-refractivity contribution >= 4 is 61.5 Å². The zero-order valence-electron chi connectivity index (χ0n) is 15.5. The number of nitrogens with zero attached hydrogens (tertiary/aromatic N) is 2. The summed E-state index contributed by atoms with van der Waals surface area (Å²) in [6.45, 7) is 4.49. The highest BCUT2D eigenvalue weighted by Gasteiger charge is 2.17. The maximum atomic E-state index is 6.02. The number of hydrogen-bond donors (Lipinski definition) is 0. The molecule has 0 aliphatic rings. The van der Waals surface area contributed by atoms with Gasteiger partial charge in [-0.15, -0.1) is 0 Å². The number of benzene rings is 3. The van der Waals surface area contributed by atoms with Gasteiger partial charge in [0.1, 0.15) is 5.65 Å². The fraction of sp³-hybridized carbons (Fsp3) is 0.174. The van der Waals surface area contributed by atoms with Crippen molar-refractivity contribution in [1.82, 2.24) is 9.38 Å². The molecule has 0 saturated heterocycles. The molecular formula is C23H21N2PS. The molecule has 0 radical (unpaired) electrons. The van der Waals surface area contributed by atoms with Gasteiger partial charge in [-0.3, -0.25) is 4.40 Å². The highest BCUT2D eigenvalue weighted by Crippen LogP contribution is 2.42. The van der Waals surface area contributed by atoms with Crippen LogP contribution < -0.4 is 5.30 Å². The second-order valence-electron chi connectivity index (χ2n) is 7.33. The van der Waals surface area contributed by atoms with E-state index in [4.69, 9.17) is 16.8 Å². The van der Waals surface area contributed by atoms with Crippen molar-refractivity contribution in [3.05, 3.63) is 66.7 Å². The number of hydrogen-bond acceptors (Lipinski definition) is 2. The molecule has 0 aliphatic carbocycles. The van der Waals surface area contributed by atoms with Crippen molar-refractivity contribution in [1.29, 1.82) is 0 Å². The molecule has 5 rings (SSSR count). The van der Waals surface area contributed by atoms with Crippen LogP contribution in [0.2, 0.25) is 0 Å². The van der Waals surface area contributed by atoms with Gasteiger partial charge in [-0.05, 0) is 47.8 Å². The minimum Gasteiger partial charge on any atom is -0.292 e. The summed E-state index contributed by atoms with van der Waals surface area (Å²) in [4.78, 5) is 5.00. The molecule has 0 spiro atoms. The highest BCUT2D eigenvalue weighted by molar-refractivity contribution is 8.17. The van der Waals surface area contributed by atoms with Crippen molar-refractivity contribution in [2.24, 2.45) is 0 Å². The monoisotopic (exact) mass is 388 g/mol. The number of aromatic nitrogens is 2. The molecule has 0 amide bonds. The third-order valence-corrected chi connectivity index (χ3v) is 9.29. The van der Waals surface area contributed by atoms with E-state index in [2.05, 4.69) is 84.7 Å². The maximum Gasteiger partial charge on any atom is 0.146 e. The molecule has 0 fully saturated rings. The fourth-order valence-corrected chi connectivity index (χ4v) is 6.93. The second kappa shape index (κ2) is 6.15. The predicted octanol–water partition coefficient (Wildman–Crippen LogP) is 5.94.